The molecule has 3 fully saturated rings. The van der Waals surface area contributed by atoms with Crippen molar-refractivity contribution in [1.82, 2.24) is 24.8 Å². The van der Waals surface area contributed by atoms with Gasteiger partial charge >= 0.3 is 0 Å². The van der Waals surface area contributed by atoms with Crippen LogP contribution in [0.3, 0.4) is 0 Å². The summed E-state index contributed by atoms with van der Waals surface area (Å²) in [6, 6.07) is 5.03. The lowest BCUT2D eigenvalue weighted by atomic mass is 10.0. The van der Waals surface area contributed by atoms with Crippen molar-refractivity contribution < 1.29 is 18.3 Å². The molecule has 0 aliphatic carbocycles. The van der Waals surface area contributed by atoms with E-state index in [2.05, 4.69) is 21.4 Å². The van der Waals surface area contributed by atoms with Gasteiger partial charge in [-0.05, 0) is 44.1 Å². The lowest BCUT2D eigenvalue weighted by Crippen LogP contribution is -2.60. The first-order valence-corrected chi connectivity index (χ1v) is 16.0. The van der Waals surface area contributed by atoms with Gasteiger partial charge in [0.2, 0.25) is 17.7 Å². The van der Waals surface area contributed by atoms with E-state index in [0.717, 1.165) is 24.4 Å². The molecule has 2 N–H and O–H groups in total. The van der Waals surface area contributed by atoms with Gasteiger partial charge in [-0.25, -0.2) is 13.8 Å². The highest BCUT2D eigenvalue weighted by atomic mass is 32.1. The molecule has 10 nitrogen and oxygen atoms in total. The number of benzene rings is 1. The Hall–Kier alpha value is -4.41. The number of nitriles is 1. The number of hydrogen-bond donors (Lipinski definition) is 1. The largest absolute Gasteiger partial charge is 0.472 e. The molecule has 0 radical (unpaired) electrons. The van der Waals surface area contributed by atoms with Crippen LogP contribution in [0.1, 0.15) is 37.7 Å². The van der Waals surface area contributed by atoms with E-state index in [0.29, 0.717) is 44.6 Å². The Bertz CT molecular complexity index is 1860. The highest BCUT2D eigenvalue weighted by Crippen LogP contribution is 2.42. The van der Waals surface area contributed by atoms with Gasteiger partial charge in [0, 0.05) is 49.2 Å². The number of aromatic nitrogens is 3. The summed E-state index contributed by atoms with van der Waals surface area (Å²) in [4.78, 5) is 32.2. The Balaban J connectivity index is 1.29. The predicted octanol–water partition coefficient (Wildman–Crippen LogP) is 4.87. The van der Waals surface area contributed by atoms with E-state index in [1.165, 1.54) is 50.1 Å². The summed E-state index contributed by atoms with van der Waals surface area (Å²) in [5, 5.41) is 10.4. The Labute approximate surface area is 262 Å². The van der Waals surface area contributed by atoms with Crippen LogP contribution in [0.2, 0.25) is 0 Å². The molecule has 3 aliphatic heterocycles. The average Bonchev–Trinajstić information content (AvgIpc) is 3.52. The van der Waals surface area contributed by atoms with Crippen molar-refractivity contribution >= 4 is 49.2 Å². The number of nitrogens with two attached hydrogens (primary N) is 1. The molecule has 3 saturated heterocycles. The summed E-state index contributed by atoms with van der Waals surface area (Å²) in [6.45, 7) is 8.00. The minimum atomic E-state index is -0.734. The SMILES string of the molecule is C=CC(=O)N1CCC(Oc2nc(N3CC(N4CCCCCC4)C3)nc3c(F)c(-c4ccc(F)c5sc(N)c(C#N)c45)ncc23)C1. The zero-order valence-electron chi connectivity index (χ0n) is 24.6. The zero-order valence-corrected chi connectivity index (χ0v) is 25.5. The Morgan fingerprint density at radius 2 is 1.91 bits per heavy atom. The Morgan fingerprint density at radius 3 is 2.64 bits per heavy atom. The molecule has 1 unspecified atom stereocenters. The first-order chi connectivity index (χ1) is 21.9. The molecule has 13 heteroatoms. The van der Waals surface area contributed by atoms with Crippen LogP contribution < -0.4 is 15.4 Å². The van der Waals surface area contributed by atoms with Gasteiger partial charge in [-0.15, -0.1) is 11.3 Å². The summed E-state index contributed by atoms with van der Waals surface area (Å²) in [5.41, 5.74) is 6.29. The lowest BCUT2D eigenvalue weighted by Gasteiger charge is -2.45. The maximum absolute atomic E-state index is 16.6. The molecule has 3 aliphatic rings. The normalized spacial score (nSPS) is 19.4. The molecular formula is C32H32F2N8O2S. The lowest BCUT2D eigenvalue weighted by molar-refractivity contribution is -0.125. The average molecular weight is 631 g/mol. The second-order valence-electron chi connectivity index (χ2n) is 11.8. The van der Waals surface area contributed by atoms with Crippen molar-refractivity contribution in [3.63, 3.8) is 0 Å². The second kappa shape index (κ2) is 11.8. The topological polar surface area (TPSA) is 125 Å². The first kappa shape index (κ1) is 29.3. The number of amides is 1. The molecule has 4 aromatic rings. The van der Waals surface area contributed by atoms with Gasteiger partial charge in [0.1, 0.15) is 34.2 Å². The van der Waals surface area contributed by atoms with Crippen LogP contribution in [0.15, 0.2) is 31.0 Å². The first-order valence-electron chi connectivity index (χ1n) is 15.2. The minimum Gasteiger partial charge on any atom is -0.472 e. The minimum absolute atomic E-state index is 0.00873. The summed E-state index contributed by atoms with van der Waals surface area (Å²) < 4.78 is 37.8. The molecule has 1 aromatic carbocycles. The summed E-state index contributed by atoms with van der Waals surface area (Å²) in [7, 11) is 0. The summed E-state index contributed by atoms with van der Waals surface area (Å²) in [5.74, 6) is -0.930. The molecule has 0 saturated carbocycles. The van der Waals surface area contributed by atoms with Crippen LogP contribution in [0.25, 0.3) is 32.2 Å². The molecular weight excluding hydrogens is 598 g/mol. The third-order valence-electron chi connectivity index (χ3n) is 9.03. The van der Waals surface area contributed by atoms with Crippen LogP contribution in [-0.2, 0) is 4.79 Å². The number of nitrogens with zero attached hydrogens (tertiary/aromatic N) is 7. The molecule has 6 heterocycles. The number of fused-ring (bicyclic) bond motifs is 2. The van der Waals surface area contributed by atoms with E-state index in [-0.39, 0.29) is 60.7 Å². The second-order valence-corrected chi connectivity index (χ2v) is 12.8. The number of hydrogen-bond acceptors (Lipinski definition) is 10. The standard InChI is InChI=1S/C32H32F2N8O2S/c1-2-24(43)41-12-9-19(17-41)44-31-22-14-37-27(20-7-8-23(33)29-25(20)21(13-35)30(36)45-29)26(34)28(22)38-32(39-31)42-15-18(16-42)40-10-5-3-4-6-11-40/h2,7-8,14,18-19H,1,3-6,9-12,15-17,36H2. The molecule has 0 spiro atoms. The number of carbonyl (C=O) groups excluding carboxylic acids is 1. The molecule has 3 aromatic heterocycles. The number of anilines is 2. The highest BCUT2D eigenvalue weighted by Gasteiger charge is 2.35. The van der Waals surface area contributed by atoms with E-state index >= 15 is 4.39 Å². The number of rotatable bonds is 6. The molecule has 1 atom stereocenters. The number of thiophene rings is 1. The van der Waals surface area contributed by atoms with E-state index < -0.39 is 11.6 Å². The summed E-state index contributed by atoms with van der Waals surface area (Å²) in [6.07, 6.45) is 7.83. The van der Waals surface area contributed by atoms with Crippen molar-refractivity contribution in [3.05, 3.63) is 48.2 Å². The van der Waals surface area contributed by atoms with Crippen LogP contribution in [0, 0.1) is 23.0 Å². The van der Waals surface area contributed by atoms with Gasteiger partial charge in [-0.1, -0.05) is 19.4 Å². The van der Waals surface area contributed by atoms with Crippen LogP contribution in [-0.4, -0.2) is 82.1 Å². The van der Waals surface area contributed by atoms with Crippen LogP contribution in [0.4, 0.5) is 19.7 Å². The van der Waals surface area contributed by atoms with Gasteiger partial charge in [0.05, 0.1) is 22.2 Å². The third kappa shape index (κ3) is 5.21. The van der Waals surface area contributed by atoms with Gasteiger partial charge in [0.25, 0.3) is 0 Å². The van der Waals surface area contributed by atoms with Crippen molar-refractivity contribution in [2.75, 3.05) is 49.9 Å². The van der Waals surface area contributed by atoms with E-state index in [1.54, 1.807) is 4.90 Å². The van der Waals surface area contributed by atoms with Crippen LogP contribution in [0.5, 0.6) is 5.88 Å². The van der Waals surface area contributed by atoms with Crippen molar-refractivity contribution in [2.24, 2.45) is 0 Å². The van der Waals surface area contributed by atoms with E-state index in [1.807, 2.05) is 11.0 Å². The summed E-state index contributed by atoms with van der Waals surface area (Å²) >= 11 is 0.942. The number of pyridine rings is 1. The third-order valence-corrected chi connectivity index (χ3v) is 10.1. The molecule has 232 valence electrons. The van der Waals surface area contributed by atoms with Crippen molar-refractivity contribution in [1.29, 1.82) is 5.26 Å². The maximum atomic E-state index is 16.6. The van der Waals surface area contributed by atoms with Crippen LogP contribution >= 0.6 is 11.3 Å². The number of ether oxygens (including phenoxy) is 1. The number of carbonyl (C=O) groups is 1. The van der Waals surface area contributed by atoms with Gasteiger partial charge < -0.3 is 20.3 Å². The number of halogens is 2. The Kier molecular flexibility index (Phi) is 7.71. The van der Waals surface area contributed by atoms with Gasteiger partial charge in [-0.3, -0.25) is 14.7 Å². The fourth-order valence-corrected chi connectivity index (χ4v) is 7.51. The smallest absolute Gasteiger partial charge is 0.246 e. The number of likely N-dealkylation sites (tertiary alicyclic amines) is 2. The Morgan fingerprint density at radius 1 is 1.13 bits per heavy atom. The maximum Gasteiger partial charge on any atom is 0.246 e. The van der Waals surface area contributed by atoms with E-state index in [4.69, 9.17) is 15.5 Å². The van der Waals surface area contributed by atoms with Gasteiger partial charge in [0.15, 0.2) is 5.82 Å². The quantitative estimate of drug-likeness (QED) is 0.297. The fraction of sp³-hybridized carbons (Fsp3) is 0.406. The predicted molar refractivity (Wildman–Crippen MR) is 169 cm³/mol. The highest BCUT2D eigenvalue weighted by molar-refractivity contribution is 7.23. The molecule has 0 bridgehead atoms. The molecule has 1 amide bonds. The van der Waals surface area contributed by atoms with Crippen molar-refractivity contribution in [2.45, 2.75) is 44.2 Å². The van der Waals surface area contributed by atoms with Gasteiger partial charge in [-0.2, -0.15) is 10.2 Å². The fourth-order valence-electron chi connectivity index (χ4n) is 6.56. The van der Waals surface area contributed by atoms with Crippen molar-refractivity contribution in [3.8, 4) is 23.2 Å². The van der Waals surface area contributed by atoms with E-state index in [9.17, 15) is 14.4 Å². The molecule has 45 heavy (non-hydrogen) atoms. The number of nitrogen functional groups attached to an aromatic ring is 1. The molecule has 7 rings (SSSR count). The zero-order chi connectivity index (χ0) is 31.2. The monoisotopic (exact) mass is 630 g/mol.